The normalized spacial score (nSPS) is 18.8. The van der Waals surface area contributed by atoms with Crippen molar-refractivity contribution in [2.75, 3.05) is 0 Å². The van der Waals surface area contributed by atoms with Gasteiger partial charge in [-0.25, -0.2) is 0 Å². The Morgan fingerprint density at radius 1 is 1.09 bits per heavy atom. The van der Waals surface area contributed by atoms with E-state index in [1.165, 1.54) is 45.4 Å². The lowest BCUT2D eigenvalue weighted by atomic mass is 9.95. The summed E-state index contributed by atoms with van der Waals surface area (Å²) in [6, 6.07) is 15.6. The van der Waals surface area contributed by atoms with E-state index in [2.05, 4.69) is 80.6 Å². The van der Waals surface area contributed by atoms with Gasteiger partial charge in [-0.1, -0.05) is 67.6 Å². The van der Waals surface area contributed by atoms with Gasteiger partial charge in [0.15, 0.2) is 0 Å². The van der Waals surface area contributed by atoms with Gasteiger partial charge in [0.1, 0.15) is 0 Å². The topological polar surface area (TPSA) is 0 Å². The zero-order valence-electron chi connectivity index (χ0n) is 13.8. The van der Waals surface area contributed by atoms with Gasteiger partial charge in [0.25, 0.3) is 0 Å². The fourth-order valence-electron chi connectivity index (χ4n) is 3.76. The van der Waals surface area contributed by atoms with Crippen LogP contribution < -0.4 is 0 Å². The molecule has 114 valence electrons. The molecule has 0 spiro atoms. The van der Waals surface area contributed by atoms with Crippen LogP contribution in [0.1, 0.15) is 53.5 Å². The van der Waals surface area contributed by atoms with E-state index in [1.807, 2.05) is 0 Å². The summed E-state index contributed by atoms with van der Waals surface area (Å²) in [5.41, 5.74) is 9.75. The third kappa shape index (κ3) is 2.49. The molecule has 0 aliphatic heterocycles. The first-order chi connectivity index (χ1) is 11.3. The molecule has 23 heavy (non-hydrogen) atoms. The minimum Gasteiger partial charge on any atom is -0.0764 e. The van der Waals surface area contributed by atoms with E-state index in [4.69, 9.17) is 0 Å². The van der Waals surface area contributed by atoms with Crippen molar-refractivity contribution in [3.8, 4) is 0 Å². The van der Waals surface area contributed by atoms with Gasteiger partial charge in [0.05, 0.1) is 0 Å². The molecule has 4 rings (SSSR count). The molecule has 0 fully saturated rings. The van der Waals surface area contributed by atoms with Crippen molar-refractivity contribution in [3.63, 3.8) is 0 Å². The third-order valence-electron chi connectivity index (χ3n) is 5.13. The molecule has 0 heterocycles. The van der Waals surface area contributed by atoms with Crippen molar-refractivity contribution in [3.05, 3.63) is 88.5 Å². The van der Waals surface area contributed by atoms with Crippen LogP contribution in [-0.2, 0) is 0 Å². The number of hydrogen-bond acceptors (Lipinski definition) is 0. The lowest BCUT2D eigenvalue weighted by molar-refractivity contribution is 0.818. The summed E-state index contributed by atoms with van der Waals surface area (Å²) in [4.78, 5) is 0. The smallest absolute Gasteiger partial charge is 0.00246 e. The molecule has 2 aliphatic rings. The Bertz CT molecular complexity index is 846. The summed E-state index contributed by atoms with van der Waals surface area (Å²) in [5, 5.41) is 0. The van der Waals surface area contributed by atoms with E-state index < -0.39 is 0 Å². The van der Waals surface area contributed by atoms with E-state index in [0.717, 1.165) is 6.42 Å². The highest BCUT2D eigenvalue weighted by Crippen LogP contribution is 2.37. The summed E-state index contributed by atoms with van der Waals surface area (Å²) in [6.45, 7) is 4.45. The second kappa shape index (κ2) is 5.70. The monoisotopic (exact) mass is 298 g/mol. The van der Waals surface area contributed by atoms with Gasteiger partial charge in [-0.3, -0.25) is 0 Å². The second-order valence-electron chi connectivity index (χ2n) is 6.57. The molecule has 2 aromatic carbocycles. The van der Waals surface area contributed by atoms with Crippen LogP contribution in [0.15, 0.2) is 60.7 Å². The number of fused-ring (bicyclic) bond motifs is 1. The Hall–Kier alpha value is -2.34. The molecule has 0 heteroatoms. The predicted molar refractivity (Wildman–Crippen MR) is 100 cm³/mol. The predicted octanol–water partition coefficient (Wildman–Crippen LogP) is 6.39. The Labute approximate surface area is 138 Å². The van der Waals surface area contributed by atoms with Crippen LogP contribution in [0.5, 0.6) is 0 Å². The van der Waals surface area contributed by atoms with Gasteiger partial charge in [-0.2, -0.15) is 0 Å². The van der Waals surface area contributed by atoms with Crippen molar-refractivity contribution in [2.45, 2.75) is 32.6 Å². The van der Waals surface area contributed by atoms with Gasteiger partial charge in [-0.15, -0.1) is 0 Å². The summed E-state index contributed by atoms with van der Waals surface area (Å²) in [7, 11) is 0. The largest absolute Gasteiger partial charge is 0.0764 e. The Morgan fingerprint density at radius 2 is 1.96 bits per heavy atom. The number of benzene rings is 2. The van der Waals surface area contributed by atoms with E-state index >= 15 is 0 Å². The van der Waals surface area contributed by atoms with Crippen LogP contribution >= 0.6 is 0 Å². The molecule has 1 atom stereocenters. The number of allylic oxidation sites excluding steroid dienone is 5. The van der Waals surface area contributed by atoms with Crippen LogP contribution in [0.2, 0.25) is 0 Å². The van der Waals surface area contributed by atoms with Crippen LogP contribution in [0.3, 0.4) is 0 Å². The maximum absolute atomic E-state index is 2.36. The van der Waals surface area contributed by atoms with Gasteiger partial charge >= 0.3 is 0 Å². The maximum atomic E-state index is 2.36. The molecule has 0 nitrogen and oxygen atoms in total. The van der Waals surface area contributed by atoms with E-state index in [1.54, 1.807) is 0 Å². The van der Waals surface area contributed by atoms with Crippen LogP contribution in [0, 0.1) is 6.92 Å². The molecule has 0 saturated heterocycles. The van der Waals surface area contributed by atoms with Crippen LogP contribution in [0.25, 0.3) is 17.2 Å². The average molecular weight is 298 g/mol. The van der Waals surface area contributed by atoms with Crippen molar-refractivity contribution >= 4 is 17.2 Å². The van der Waals surface area contributed by atoms with Crippen LogP contribution in [0.4, 0.5) is 0 Å². The quantitative estimate of drug-likeness (QED) is 0.616. The average Bonchev–Trinajstić information content (AvgIpc) is 3.21. The highest BCUT2D eigenvalue weighted by molar-refractivity contribution is 5.90. The standard InChI is InChI=1S/C23H22/c1-3-17-8-10-21-15-19(12-13-23(17)21)18-9-11-20(14-18)22-7-5-4-6-16(22)2/h4-10,12-15,17H,3,11H2,1-2H3. The first-order valence-electron chi connectivity index (χ1n) is 8.55. The molecule has 2 aliphatic carbocycles. The van der Waals surface area contributed by atoms with Crippen molar-refractivity contribution in [1.29, 1.82) is 0 Å². The second-order valence-corrected chi connectivity index (χ2v) is 6.57. The fourth-order valence-corrected chi connectivity index (χ4v) is 3.76. The molecule has 0 N–H and O–H groups in total. The van der Waals surface area contributed by atoms with Gasteiger partial charge in [0.2, 0.25) is 0 Å². The number of aryl methyl sites for hydroxylation is 1. The zero-order valence-corrected chi connectivity index (χ0v) is 13.8. The molecule has 0 bridgehead atoms. The summed E-state index contributed by atoms with van der Waals surface area (Å²) in [6.07, 6.45) is 11.6. The minimum absolute atomic E-state index is 0.606. The summed E-state index contributed by atoms with van der Waals surface area (Å²) in [5.74, 6) is 0.606. The SMILES string of the molecule is CCC1C=Cc2cc(C3=CCC(c4ccccc4C)=C3)ccc21. The van der Waals surface area contributed by atoms with Gasteiger partial charge in [0, 0.05) is 5.92 Å². The van der Waals surface area contributed by atoms with Gasteiger partial charge < -0.3 is 0 Å². The van der Waals surface area contributed by atoms with Crippen molar-refractivity contribution in [1.82, 2.24) is 0 Å². The minimum atomic E-state index is 0.606. The number of rotatable bonds is 3. The molecule has 0 amide bonds. The van der Waals surface area contributed by atoms with E-state index in [9.17, 15) is 0 Å². The number of hydrogen-bond donors (Lipinski definition) is 0. The zero-order chi connectivity index (χ0) is 15.8. The Morgan fingerprint density at radius 3 is 2.78 bits per heavy atom. The molecule has 0 saturated carbocycles. The van der Waals surface area contributed by atoms with E-state index in [-0.39, 0.29) is 0 Å². The molecule has 1 unspecified atom stereocenters. The van der Waals surface area contributed by atoms with Crippen molar-refractivity contribution in [2.24, 2.45) is 0 Å². The van der Waals surface area contributed by atoms with E-state index in [0.29, 0.717) is 5.92 Å². The van der Waals surface area contributed by atoms with Crippen molar-refractivity contribution < 1.29 is 0 Å². The first-order valence-corrected chi connectivity index (χ1v) is 8.55. The summed E-state index contributed by atoms with van der Waals surface area (Å²) >= 11 is 0. The molecule has 0 radical (unpaired) electrons. The highest BCUT2D eigenvalue weighted by atomic mass is 14.2. The lowest BCUT2D eigenvalue weighted by Gasteiger charge is -2.10. The molecule has 2 aromatic rings. The van der Waals surface area contributed by atoms with Gasteiger partial charge in [-0.05, 0) is 64.8 Å². The third-order valence-corrected chi connectivity index (χ3v) is 5.13. The van der Waals surface area contributed by atoms with Crippen LogP contribution in [-0.4, -0.2) is 0 Å². The lowest BCUT2D eigenvalue weighted by Crippen LogP contribution is -1.92. The molecule has 0 aromatic heterocycles. The summed E-state index contributed by atoms with van der Waals surface area (Å²) < 4.78 is 0. The maximum Gasteiger partial charge on any atom is 0.00246 e. The molecular weight excluding hydrogens is 276 g/mol. The first kappa shape index (κ1) is 14.3. The Balaban J connectivity index is 1.66. The highest BCUT2D eigenvalue weighted by Gasteiger charge is 2.17. The Kier molecular flexibility index (Phi) is 3.53. The fraction of sp³-hybridized carbons (Fsp3) is 0.217. The molecular formula is C23H22.